The first kappa shape index (κ1) is 20.9. The van der Waals surface area contributed by atoms with Crippen LogP contribution in [0, 0.1) is 0 Å². The monoisotopic (exact) mass is 439 g/mol. The number of amides is 2. The molecule has 0 saturated carbocycles. The van der Waals surface area contributed by atoms with Gasteiger partial charge < -0.3 is 10.2 Å². The number of nitrogens with one attached hydrogen (secondary N) is 1. The minimum absolute atomic E-state index is 0.119. The zero-order valence-corrected chi connectivity index (χ0v) is 18.3. The zero-order chi connectivity index (χ0) is 22.6. The molecule has 1 aliphatic heterocycles. The van der Waals surface area contributed by atoms with Crippen LogP contribution in [0.2, 0.25) is 0 Å². The fraction of sp³-hybridized carbons (Fsp3) is 0.231. The molecule has 0 atom stereocenters. The second-order valence-corrected chi connectivity index (χ2v) is 8.21. The Labute approximate surface area is 192 Å². The van der Waals surface area contributed by atoms with Gasteiger partial charge in [-0.1, -0.05) is 42.5 Å². The SMILES string of the molecule is O=C(NCCCN1CCCC1=O)c1ccc(-c2nnc3ccc(-c4ccccc4)cn23)cc1. The van der Waals surface area contributed by atoms with E-state index in [9.17, 15) is 9.59 Å². The van der Waals surface area contributed by atoms with Gasteiger partial charge in [-0.3, -0.25) is 14.0 Å². The topological polar surface area (TPSA) is 79.6 Å². The van der Waals surface area contributed by atoms with Crippen molar-refractivity contribution in [2.75, 3.05) is 19.6 Å². The van der Waals surface area contributed by atoms with Gasteiger partial charge in [-0.05, 0) is 48.2 Å². The highest BCUT2D eigenvalue weighted by Crippen LogP contribution is 2.24. The predicted molar refractivity (Wildman–Crippen MR) is 127 cm³/mol. The summed E-state index contributed by atoms with van der Waals surface area (Å²) in [5, 5.41) is 11.6. The third kappa shape index (κ3) is 4.48. The molecule has 0 radical (unpaired) electrons. The van der Waals surface area contributed by atoms with E-state index >= 15 is 0 Å². The van der Waals surface area contributed by atoms with Crippen LogP contribution in [-0.4, -0.2) is 50.9 Å². The summed E-state index contributed by atoms with van der Waals surface area (Å²) in [6.45, 7) is 2.07. The molecule has 1 saturated heterocycles. The number of carbonyl (C=O) groups is 2. The third-order valence-electron chi connectivity index (χ3n) is 5.98. The molecule has 3 heterocycles. The van der Waals surface area contributed by atoms with Crippen molar-refractivity contribution < 1.29 is 9.59 Å². The normalized spacial score (nSPS) is 13.6. The van der Waals surface area contributed by atoms with E-state index in [1.807, 2.05) is 58.0 Å². The number of hydrogen-bond donors (Lipinski definition) is 1. The fourth-order valence-electron chi connectivity index (χ4n) is 4.17. The predicted octanol–water partition coefficient (Wildman–Crippen LogP) is 3.81. The summed E-state index contributed by atoms with van der Waals surface area (Å²) >= 11 is 0. The summed E-state index contributed by atoms with van der Waals surface area (Å²) < 4.78 is 1.97. The summed E-state index contributed by atoms with van der Waals surface area (Å²) in [5.41, 5.74) is 4.45. The fourth-order valence-corrected chi connectivity index (χ4v) is 4.17. The van der Waals surface area contributed by atoms with Gasteiger partial charge in [0, 0.05) is 43.4 Å². The van der Waals surface area contributed by atoms with E-state index in [-0.39, 0.29) is 11.8 Å². The molecular weight excluding hydrogens is 414 g/mol. The van der Waals surface area contributed by atoms with Crippen molar-refractivity contribution in [3.05, 3.63) is 78.5 Å². The van der Waals surface area contributed by atoms with Gasteiger partial charge >= 0.3 is 0 Å². The Morgan fingerprint density at radius 2 is 1.70 bits per heavy atom. The largest absolute Gasteiger partial charge is 0.352 e. The molecule has 2 aromatic carbocycles. The van der Waals surface area contributed by atoms with Crippen LogP contribution in [0.15, 0.2) is 72.9 Å². The van der Waals surface area contributed by atoms with Gasteiger partial charge in [0.25, 0.3) is 5.91 Å². The van der Waals surface area contributed by atoms with Crippen molar-refractivity contribution >= 4 is 17.5 Å². The highest BCUT2D eigenvalue weighted by atomic mass is 16.2. The first-order valence-corrected chi connectivity index (χ1v) is 11.3. The van der Waals surface area contributed by atoms with E-state index in [0.717, 1.165) is 47.5 Å². The van der Waals surface area contributed by atoms with Crippen molar-refractivity contribution in [1.82, 2.24) is 24.8 Å². The number of hydrogen-bond acceptors (Lipinski definition) is 4. The Hall–Kier alpha value is -4.00. The lowest BCUT2D eigenvalue weighted by atomic mass is 10.1. The molecule has 0 bridgehead atoms. The molecule has 0 unspecified atom stereocenters. The minimum atomic E-state index is -0.119. The van der Waals surface area contributed by atoms with Crippen LogP contribution in [-0.2, 0) is 4.79 Å². The Morgan fingerprint density at radius 3 is 2.45 bits per heavy atom. The van der Waals surface area contributed by atoms with Crippen LogP contribution in [0.1, 0.15) is 29.6 Å². The van der Waals surface area contributed by atoms with E-state index in [4.69, 9.17) is 0 Å². The Kier molecular flexibility index (Phi) is 5.85. The van der Waals surface area contributed by atoms with Crippen LogP contribution < -0.4 is 5.32 Å². The maximum Gasteiger partial charge on any atom is 0.251 e. The maximum absolute atomic E-state index is 12.5. The molecule has 166 valence electrons. The molecule has 5 rings (SSSR count). The maximum atomic E-state index is 12.5. The molecular formula is C26H25N5O2. The number of nitrogens with zero attached hydrogens (tertiary/aromatic N) is 4. The van der Waals surface area contributed by atoms with Crippen molar-refractivity contribution in [3.8, 4) is 22.5 Å². The second-order valence-electron chi connectivity index (χ2n) is 8.21. The first-order chi connectivity index (χ1) is 16.2. The summed E-state index contributed by atoms with van der Waals surface area (Å²) in [6, 6.07) is 21.6. The number of pyridine rings is 1. The number of rotatable bonds is 7. The lowest BCUT2D eigenvalue weighted by Gasteiger charge is -2.15. The average molecular weight is 440 g/mol. The molecule has 2 amide bonds. The van der Waals surface area contributed by atoms with Gasteiger partial charge in [0.2, 0.25) is 5.91 Å². The van der Waals surface area contributed by atoms with Crippen LogP contribution in [0.5, 0.6) is 0 Å². The van der Waals surface area contributed by atoms with Crippen LogP contribution in [0.3, 0.4) is 0 Å². The Balaban J connectivity index is 1.26. The molecule has 2 aromatic heterocycles. The van der Waals surface area contributed by atoms with Crippen molar-refractivity contribution in [3.63, 3.8) is 0 Å². The standard InChI is InChI=1S/C26H25N5O2/c32-24-8-4-16-30(24)17-5-15-27-26(33)21-11-9-20(10-12-21)25-29-28-23-14-13-22(18-31(23)25)19-6-2-1-3-7-19/h1-3,6-7,9-14,18H,4-5,8,15-17H2,(H,27,33). The lowest BCUT2D eigenvalue weighted by Crippen LogP contribution is -2.30. The number of fused-ring (bicyclic) bond motifs is 1. The molecule has 4 aromatic rings. The minimum Gasteiger partial charge on any atom is -0.352 e. The lowest BCUT2D eigenvalue weighted by molar-refractivity contribution is -0.127. The van der Waals surface area contributed by atoms with Gasteiger partial charge in [-0.25, -0.2) is 0 Å². The zero-order valence-electron chi connectivity index (χ0n) is 18.3. The van der Waals surface area contributed by atoms with Crippen molar-refractivity contribution in [2.45, 2.75) is 19.3 Å². The van der Waals surface area contributed by atoms with Gasteiger partial charge in [0.05, 0.1) is 0 Å². The smallest absolute Gasteiger partial charge is 0.251 e. The first-order valence-electron chi connectivity index (χ1n) is 11.3. The van der Waals surface area contributed by atoms with E-state index in [1.54, 1.807) is 12.1 Å². The summed E-state index contributed by atoms with van der Waals surface area (Å²) in [4.78, 5) is 26.0. The van der Waals surface area contributed by atoms with Crippen molar-refractivity contribution in [2.24, 2.45) is 0 Å². The van der Waals surface area contributed by atoms with Gasteiger partial charge in [0.15, 0.2) is 11.5 Å². The summed E-state index contributed by atoms with van der Waals surface area (Å²) in [6.07, 6.45) is 4.37. The highest BCUT2D eigenvalue weighted by molar-refractivity contribution is 5.94. The quantitative estimate of drug-likeness (QED) is 0.444. The van der Waals surface area contributed by atoms with Gasteiger partial charge in [-0.2, -0.15) is 0 Å². The molecule has 7 nitrogen and oxygen atoms in total. The van der Waals surface area contributed by atoms with E-state index in [0.29, 0.717) is 25.1 Å². The van der Waals surface area contributed by atoms with Crippen LogP contribution >= 0.6 is 0 Å². The van der Waals surface area contributed by atoms with Crippen LogP contribution in [0.4, 0.5) is 0 Å². The van der Waals surface area contributed by atoms with E-state index in [2.05, 4.69) is 27.6 Å². The van der Waals surface area contributed by atoms with Gasteiger partial charge in [0.1, 0.15) is 0 Å². The van der Waals surface area contributed by atoms with Crippen molar-refractivity contribution in [1.29, 1.82) is 0 Å². The molecule has 0 spiro atoms. The Morgan fingerprint density at radius 1 is 0.909 bits per heavy atom. The summed E-state index contributed by atoms with van der Waals surface area (Å²) in [5.74, 6) is 0.825. The molecule has 0 aliphatic carbocycles. The second kappa shape index (κ2) is 9.24. The molecule has 1 fully saturated rings. The highest BCUT2D eigenvalue weighted by Gasteiger charge is 2.19. The summed E-state index contributed by atoms with van der Waals surface area (Å²) in [7, 11) is 0. The third-order valence-corrected chi connectivity index (χ3v) is 5.98. The van der Waals surface area contributed by atoms with Gasteiger partial charge in [-0.15, -0.1) is 10.2 Å². The number of carbonyl (C=O) groups excluding carboxylic acids is 2. The molecule has 1 aliphatic rings. The average Bonchev–Trinajstić information content (AvgIpc) is 3.47. The molecule has 7 heteroatoms. The molecule has 33 heavy (non-hydrogen) atoms. The van der Waals surface area contributed by atoms with Crippen LogP contribution in [0.25, 0.3) is 28.2 Å². The number of aromatic nitrogens is 3. The van der Waals surface area contributed by atoms with E-state index in [1.165, 1.54) is 0 Å². The number of likely N-dealkylation sites (tertiary alicyclic amines) is 1. The number of benzene rings is 2. The van der Waals surface area contributed by atoms with E-state index < -0.39 is 0 Å². The Bertz CT molecular complexity index is 1280. The molecule has 1 N–H and O–H groups in total.